The molecule has 0 amide bonds. The largest absolute Gasteiger partial charge is 0.371 e. The van der Waals surface area contributed by atoms with Gasteiger partial charge in [0.1, 0.15) is 0 Å². The predicted molar refractivity (Wildman–Crippen MR) is 65.0 cm³/mol. The third-order valence-corrected chi connectivity index (χ3v) is 2.48. The Morgan fingerprint density at radius 2 is 2.13 bits per heavy atom. The molecule has 0 aliphatic carbocycles. The third kappa shape index (κ3) is 3.20. The van der Waals surface area contributed by atoms with Crippen molar-refractivity contribution in [1.82, 2.24) is 4.98 Å². The van der Waals surface area contributed by atoms with Crippen LogP contribution in [0.2, 0.25) is 0 Å². The topological polar surface area (TPSA) is 42.1 Å². The van der Waals surface area contributed by atoms with E-state index in [2.05, 4.69) is 29.8 Å². The van der Waals surface area contributed by atoms with E-state index in [9.17, 15) is 0 Å². The van der Waals surface area contributed by atoms with Crippen LogP contribution in [0.25, 0.3) is 0 Å². The van der Waals surface area contributed by atoms with Crippen molar-refractivity contribution in [1.29, 1.82) is 0 Å². The van der Waals surface area contributed by atoms with Gasteiger partial charge in [0.25, 0.3) is 0 Å². The highest BCUT2D eigenvalue weighted by molar-refractivity contribution is 5.44. The standard InChI is InChI=1S/C12H21N3/c1-4-8-15(5-2)11-6-7-12(10(3)13)14-9-11/h6-7,9-10H,4-5,8,13H2,1-3H3/t10-/m0/s1. The average Bonchev–Trinajstić information content (AvgIpc) is 2.26. The second kappa shape index (κ2) is 5.71. The Morgan fingerprint density at radius 3 is 2.53 bits per heavy atom. The molecule has 0 saturated carbocycles. The van der Waals surface area contributed by atoms with Crippen LogP contribution in [-0.2, 0) is 0 Å². The number of nitrogens with two attached hydrogens (primary N) is 1. The molecular formula is C12H21N3. The Labute approximate surface area is 92.3 Å². The van der Waals surface area contributed by atoms with Crippen LogP contribution in [0.5, 0.6) is 0 Å². The third-order valence-electron chi connectivity index (χ3n) is 2.48. The summed E-state index contributed by atoms with van der Waals surface area (Å²) in [5.74, 6) is 0. The summed E-state index contributed by atoms with van der Waals surface area (Å²) in [6.45, 7) is 8.40. The number of rotatable bonds is 5. The predicted octanol–water partition coefficient (Wildman–Crippen LogP) is 2.34. The molecule has 3 heteroatoms. The van der Waals surface area contributed by atoms with Gasteiger partial charge in [-0.1, -0.05) is 6.92 Å². The summed E-state index contributed by atoms with van der Waals surface area (Å²) < 4.78 is 0. The lowest BCUT2D eigenvalue weighted by molar-refractivity contribution is 0.767. The zero-order valence-electron chi connectivity index (χ0n) is 9.90. The normalized spacial score (nSPS) is 12.5. The Morgan fingerprint density at radius 1 is 1.40 bits per heavy atom. The maximum atomic E-state index is 5.75. The van der Waals surface area contributed by atoms with Crippen molar-refractivity contribution in [3.8, 4) is 0 Å². The van der Waals surface area contributed by atoms with E-state index in [1.807, 2.05) is 19.2 Å². The van der Waals surface area contributed by atoms with E-state index in [1.165, 1.54) is 5.69 Å². The molecule has 1 rings (SSSR count). The summed E-state index contributed by atoms with van der Waals surface area (Å²) in [5.41, 5.74) is 7.89. The van der Waals surface area contributed by atoms with Crippen LogP contribution in [-0.4, -0.2) is 18.1 Å². The first-order valence-electron chi connectivity index (χ1n) is 5.65. The van der Waals surface area contributed by atoms with Crippen molar-refractivity contribution < 1.29 is 0 Å². The monoisotopic (exact) mass is 207 g/mol. The molecule has 0 fully saturated rings. The van der Waals surface area contributed by atoms with Gasteiger partial charge in [-0.05, 0) is 32.4 Å². The molecule has 0 aromatic carbocycles. The van der Waals surface area contributed by atoms with Crippen LogP contribution < -0.4 is 10.6 Å². The van der Waals surface area contributed by atoms with Crippen molar-refractivity contribution >= 4 is 5.69 Å². The Balaban J connectivity index is 2.77. The molecule has 1 aromatic heterocycles. The number of nitrogens with zero attached hydrogens (tertiary/aromatic N) is 2. The molecule has 84 valence electrons. The first kappa shape index (κ1) is 12.0. The van der Waals surface area contributed by atoms with E-state index in [0.29, 0.717) is 0 Å². The van der Waals surface area contributed by atoms with Crippen molar-refractivity contribution in [2.75, 3.05) is 18.0 Å². The van der Waals surface area contributed by atoms with Gasteiger partial charge in [0.15, 0.2) is 0 Å². The van der Waals surface area contributed by atoms with E-state index in [1.54, 1.807) is 0 Å². The zero-order chi connectivity index (χ0) is 11.3. The Kier molecular flexibility index (Phi) is 4.56. The van der Waals surface area contributed by atoms with Gasteiger partial charge in [-0.3, -0.25) is 4.98 Å². The van der Waals surface area contributed by atoms with Crippen LogP contribution in [0.3, 0.4) is 0 Å². The highest BCUT2D eigenvalue weighted by Crippen LogP contribution is 2.15. The molecule has 1 atom stereocenters. The fourth-order valence-electron chi connectivity index (χ4n) is 1.59. The van der Waals surface area contributed by atoms with Crippen LogP contribution in [0.15, 0.2) is 18.3 Å². The molecule has 0 radical (unpaired) electrons. The van der Waals surface area contributed by atoms with Crippen molar-refractivity contribution in [2.24, 2.45) is 5.73 Å². The molecule has 1 aromatic rings. The molecule has 1 heterocycles. The fraction of sp³-hybridized carbons (Fsp3) is 0.583. The first-order valence-corrected chi connectivity index (χ1v) is 5.65. The molecule has 2 N–H and O–H groups in total. The second-order valence-corrected chi connectivity index (χ2v) is 3.81. The zero-order valence-corrected chi connectivity index (χ0v) is 9.90. The Hall–Kier alpha value is -1.09. The SMILES string of the molecule is CCCN(CC)c1ccc([C@H](C)N)nc1. The van der Waals surface area contributed by atoms with Crippen LogP contribution >= 0.6 is 0 Å². The number of anilines is 1. The molecular weight excluding hydrogens is 186 g/mol. The lowest BCUT2D eigenvalue weighted by atomic mass is 10.2. The minimum absolute atomic E-state index is 0.0142. The molecule has 0 bridgehead atoms. The van der Waals surface area contributed by atoms with Crippen LogP contribution in [0.4, 0.5) is 5.69 Å². The molecule has 0 saturated heterocycles. The first-order chi connectivity index (χ1) is 7.19. The highest BCUT2D eigenvalue weighted by Gasteiger charge is 2.05. The van der Waals surface area contributed by atoms with Gasteiger partial charge in [-0.2, -0.15) is 0 Å². The van der Waals surface area contributed by atoms with E-state index in [4.69, 9.17) is 5.73 Å². The summed E-state index contributed by atoms with van der Waals surface area (Å²) in [7, 11) is 0. The van der Waals surface area contributed by atoms with E-state index in [0.717, 1.165) is 25.2 Å². The molecule has 0 aliphatic heterocycles. The number of pyridine rings is 1. The molecule has 0 aliphatic rings. The lowest BCUT2D eigenvalue weighted by Crippen LogP contribution is -2.23. The van der Waals surface area contributed by atoms with Gasteiger partial charge in [0.2, 0.25) is 0 Å². The Bertz CT molecular complexity index is 279. The van der Waals surface area contributed by atoms with Crippen molar-refractivity contribution in [3.05, 3.63) is 24.0 Å². The average molecular weight is 207 g/mol. The van der Waals surface area contributed by atoms with Crippen molar-refractivity contribution in [2.45, 2.75) is 33.2 Å². The second-order valence-electron chi connectivity index (χ2n) is 3.81. The minimum atomic E-state index is 0.0142. The van der Waals surface area contributed by atoms with E-state index >= 15 is 0 Å². The smallest absolute Gasteiger partial charge is 0.0569 e. The number of hydrogen-bond acceptors (Lipinski definition) is 3. The molecule has 0 unspecified atom stereocenters. The molecule has 3 nitrogen and oxygen atoms in total. The summed E-state index contributed by atoms with van der Waals surface area (Å²) in [5, 5.41) is 0. The summed E-state index contributed by atoms with van der Waals surface area (Å²) in [4.78, 5) is 6.68. The van der Waals surface area contributed by atoms with Crippen molar-refractivity contribution in [3.63, 3.8) is 0 Å². The van der Waals surface area contributed by atoms with Gasteiger partial charge in [0.05, 0.1) is 17.6 Å². The maximum absolute atomic E-state index is 5.75. The quantitative estimate of drug-likeness (QED) is 0.805. The molecule has 15 heavy (non-hydrogen) atoms. The van der Waals surface area contributed by atoms with E-state index < -0.39 is 0 Å². The highest BCUT2D eigenvalue weighted by atomic mass is 15.1. The minimum Gasteiger partial charge on any atom is -0.371 e. The van der Waals surface area contributed by atoms with Crippen LogP contribution in [0.1, 0.15) is 38.9 Å². The van der Waals surface area contributed by atoms with Gasteiger partial charge < -0.3 is 10.6 Å². The summed E-state index contributed by atoms with van der Waals surface area (Å²) >= 11 is 0. The van der Waals surface area contributed by atoms with Gasteiger partial charge in [-0.25, -0.2) is 0 Å². The summed E-state index contributed by atoms with van der Waals surface area (Å²) in [6, 6.07) is 4.13. The maximum Gasteiger partial charge on any atom is 0.0569 e. The van der Waals surface area contributed by atoms with Crippen LogP contribution in [0, 0.1) is 0 Å². The molecule has 0 spiro atoms. The van der Waals surface area contributed by atoms with Gasteiger partial charge in [-0.15, -0.1) is 0 Å². The number of aromatic nitrogens is 1. The van der Waals surface area contributed by atoms with Gasteiger partial charge in [0, 0.05) is 19.1 Å². The number of hydrogen-bond donors (Lipinski definition) is 1. The van der Waals surface area contributed by atoms with E-state index in [-0.39, 0.29) is 6.04 Å². The van der Waals surface area contributed by atoms with Gasteiger partial charge >= 0.3 is 0 Å². The summed E-state index contributed by atoms with van der Waals surface area (Å²) in [6.07, 6.45) is 3.07. The lowest BCUT2D eigenvalue weighted by Gasteiger charge is -2.22. The fourth-order valence-corrected chi connectivity index (χ4v) is 1.59.